The zero-order valence-corrected chi connectivity index (χ0v) is 9.57. The second kappa shape index (κ2) is 4.53. The lowest BCUT2D eigenvalue weighted by Gasteiger charge is -2.16. The molecule has 0 bridgehead atoms. The molecule has 0 N–H and O–H groups in total. The molecule has 4 heteroatoms. The van der Waals surface area contributed by atoms with Crippen LogP contribution >= 0.6 is 24.4 Å². The average molecular weight is 232 g/mol. The van der Waals surface area contributed by atoms with Gasteiger partial charge >= 0.3 is 0 Å². The number of hydrogen-bond donors (Lipinski definition) is 0. The number of hydrogen-bond acceptors (Lipinski definition) is 4. The summed E-state index contributed by atoms with van der Waals surface area (Å²) in [5, 5.41) is 2.33. The zero-order chi connectivity index (χ0) is 10.7. The van der Waals surface area contributed by atoms with Gasteiger partial charge in [0, 0.05) is 23.4 Å². The first-order valence-corrected chi connectivity index (χ1v) is 5.35. The van der Waals surface area contributed by atoms with Crippen molar-refractivity contribution in [2.45, 2.75) is 12.8 Å². The van der Waals surface area contributed by atoms with Gasteiger partial charge in [-0.25, -0.2) is 0 Å². The van der Waals surface area contributed by atoms with Crippen LogP contribution in [0.5, 0.6) is 0 Å². The normalized spacial score (nSPS) is 14.1. The summed E-state index contributed by atoms with van der Waals surface area (Å²) in [4.78, 5) is 9.42. The quantitative estimate of drug-likeness (QED) is 0.574. The van der Waals surface area contributed by atoms with Crippen LogP contribution in [0.1, 0.15) is 12.8 Å². The molecule has 0 aliphatic heterocycles. The minimum Gasteiger partial charge on any atom is -0.257 e. The maximum Gasteiger partial charge on any atom is 0.0741 e. The molecule has 2 nitrogen and oxygen atoms in total. The summed E-state index contributed by atoms with van der Waals surface area (Å²) < 4.78 is 0. The molecule has 0 spiro atoms. The van der Waals surface area contributed by atoms with E-state index in [1.54, 1.807) is 0 Å². The Bertz CT molecular complexity index is 458. The highest BCUT2D eigenvalue weighted by Crippen LogP contribution is 2.22. The molecule has 1 aliphatic rings. The lowest BCUT2D eigenvalue weighted by Crippen LogP contribution is -2.20. The van der Waals surface area contributed by atoms with Crippen LogP contribution in [-0.4, -0.2) is 15.7 Å². The molecule has 1 aromatic carbocycles. The van der Waals surface area contributed by atoms with Crippen molar-refractivity contribution in [3.63, 3.8) is 0 Å². The third-order valence-electron chi connectivity index (χ3n) is 2.11. The first kappa shape index (κ1) is 10.3. The van der Waals surface area contributed by atoms with Crippen LogP contribution in [0, 0.1) is 0 Å². The van der Waals surface area contributed by atoms with Gasteiger partial charge in [0.25, 0.3) is 0 Å². The van der Waals surface area contributed by atoms with Gasteiger partial charge in [-0.2, -0.15) is 4.99 Å². The van der Waals surface area contributed by atoms with Crippen LogP contribution in [0.4, 0.5) is 11.4 Å². The first-order chi connectivity index (χ1) is 7.28. The smallest absolute Gasteiger partial charge is 0.0741 e. The van der Waals surface area contributed by atoms with E-state index in [2.05, 4.69) is 27.4 Å². The van der Waals surface area contributed by atoms with Crippen LogP contribution in [0.25, 0.3) is 0 Å². The molecule has 0 aromatic heterocycles. The molecule has 1 aromatic rings. The second-order valence-electron chi connectivity index (χ2n) is 3.29. The number of thiocarbonyl (C=S) groups is 2. The topological polar surface area (TPSA) is 24.7 Å². The van der Waals surface area contributed by atoms with Crippen LogP contribution in [0.2, 0.25) is 0 Å². The number of rotatable bonds is 2. The highest BCUT2D eigenvalue weighted by atomic mass is 32.1. The van der Waals surface area contributed by atoms with E-state index >= 15 is 0 Å². The van der Waals surface area contributed by atoms with Crippen molar-refractivity contribution in [1.82, 2.24) is 0 Å². The van der Waals surface area contributed by atoms with Gasteiger partial charge in [0.15, 0.2) is 0 Å². The summed E-state index contributed by atoms with van der Waals surface area (Å²) in [5.74, 6) is 0. The van der Waals surface area contributed by atoms with Crippen molar-refractivity contribution >= 4 is 51.5 Å². The minimum absolute atomic E-state index is 0.804. The zero-order valence-electron chi connectivity index (χ0n) is 7.93. The lowest BCUT2D eigenvalue weighted by molar-refractivity contribution is 1.28. The number of nitrogens with zero attached hydrogens (tertiary/aromatic N) is 2. The van der Waals surface area contributed by atoms with Gasteiger partial charge in [-0.05, 0) is 36.5 Å². The molecule has 0 amide bonds. The summed E-state index contributed by atoms with van der Waals surface area (Å²) in [5.41, 5.74) is 2.90. The number of aliphatic imine (C=N–C) groups is 2. The van der Waals surface area contributed by atoms with Crippen molar-refractivity contribution in [3.05, 3.63) is 24.3 Å². The Hall–Kier alpha value is -1.22. The lowest BCUT2D eigenvalue weighted by atomic mass is 9.97. The van der Waals surface area contributed by atoms with Crippen molar-refractivity contribution in [3.8, 4) is 0 Å². The van der Waals surface area contributed by atoms with Gasteiger partial charge in [-0.1, -0.05) is 12.2 Å². The summed E-state index contributed by atoms with van der Waals surface area (Å²) in [6, 6.07) is 7.57. The fourth-order valence-corrected chi connectivity index (χ4v) is 1.76. The Morgan fingerprint density at radius 1 is 1.07 bits per heavy atom. The van der Waals surface area contributed by atoms with Crippen molar-refractivity contribution in [2.24, 2.45) is 9.98 Å². The molecule has 15 heavy (non-hydrogen) atoms. The molecule has 0 atom stereocenters. The molecule has 74 valence electrons. The first-order valence-electron chi connectivity index (χ1n) is 4.54. The number of benzene rings is 1. The van der Waals surface area contributed by atoms with Crippen LogP contribution in [0.15, 0.2) is 34.3 Å². The predicted molar refractivity (Wildman–Crippen MR) is 70.1 cm³/mol. The molecular formula is C11H8N2S2. The Kier molecular flexibility index (Phi) is 3.11. The Labute approximate surface area is 98.8 Å². The Morgan fingerprint density at radius 3 is 2.20 bits per heavy atom. The van der Waals surface area contributed by atoms with Gasteiger partial charge in [0.05, 0.1) is 16.5 Å². The fourth-order valence-electron chi connectivity index (χ4n) is 1.32. The standard InChI is InChI=1S/C11H8N2S2/c14-7-12-8-1-3-9(4-2-8)13-10-5-11(15)6-10/h1-4H,5-6H2. The third-order valence-corrected chi connectivity index (χ3v) is 2.49. The van der Waals surface area contributed by atoms with Crippen molar-refractivity contribution < 1.29 is 0 Å². The largest absolute Gasteiger partial charge is 0.257 e. The maximum atomic E-state index is 5.02. The van der Waals surface area contributed by atoms with E-state index < -0.39 is 0 Å². The summed E-state index contributed by atoms with van der Waals surface area (Å²) in [7, 11) is 0. The van der Waals surface area contributed by atoms with E-state index in [1.807, 2.05) is 24.3 Å². The van der Waals surface area contributed by atoms with E-state index in [-0.39, 0.29) is 0 Å². The van der Waals surface area contributed by atoms with Gasteiger partial charge in [0.2, 0.25) is 0 Å². The molecule has 0 radical (unpaired) electrons. The third kappa shape index (κ3) is 2.63. The summed E-state index contributed by atoms with van der Waals surface area (Å²) in [6.45, 7) is 0. The van der Waals surface area contributed by atoms with Gasteiger partial charge in [0.1, 0.15) is 0 Å². The summed E-state index contributed by atoms with van der Waals surface area (Å²) in [6.07, 6.45) is 1.74. The molecule has 1 aliphatic carbocycles. The molecule has 0 saturated heterocycles. The van der Waals surface area contributed by atoms with E-state index in [4.69, 9.17) is 12.2 Å². The minimum atomic E-state index is 0.804. The molecule has 1 fully saturated rings. The maximum absolute atomic E-state index is 5.02. The van der Waals surface area contributed by atoms with Gasteiger partial charge in [-0.15, -0.1) is 0 Å². The molecule has 0 unspecified atom stereocenters. The predicted octanol–water partition coefficient (Wildman–Crippen LogP) is 3.66. The van der Waals surface area contributed by atoms with Crippen molar-refractivity contribution in [2.75, 3.05) is 0 Å². The van der Waals surface area contributed by atoms with E-state index in [1.165, 1.54) is 0 Å². The monoisotopic (exact) mass is 232 g/mol. The van der Waals surface area contributed by atoms with Crippen LogP contribution < -0.4 is 0 Å². The molecule has 2 rings (SSSR count). The SMILES string of the molecule is S=C=Nc1ccc(N=C2CC(=S)C2)cc1. The fraction of sp³-hybridized carbons (Fsp3) is 0.182. The Morgan fingerprint density at radius 2 is 1.67 bits per heavy atom. The van der Waals surface area contributed by atoms with Crippen LogP contribution in [0.3, 0.4) is 0 Å². The molecule has 0 heterocycles. The van der Waals surface area contributed by atoms with Gasteiger partial charge < -0.3 is 0 Å². The average Bonchev–Trinajstić information content (AvgIpc) is 2.19. The summed E-state index contributed by atoms with van der Waals surface area (Å²) >= 11 is 9.54. The highest BCUT2D eigenvalue weighted by molar-refractivity contribution is 7.80. The molecule has 1 saturated carbocycles. The van der Waals surface area contributed by atoms with E-state index in [0.717, 1.165) is 34.8 Å². The molecular weight excluding hydrogens is 224 g/mol. The van der Waals surface area contributed by atoms with E-state index in [0.29, 0.717) is 0 Å². The van der Waals surface area contributed by atoms with Crippen LogP contribution in [-0.2, 0) is 0 Å². The van der Waals surface area contributed by atoms with Gasteiger partial charge in [-0.3, -0.25) is 4.99 Å². The van der Waals surface area contributed by atoms with Crippen molar-refractivity contribution in [1.29, 1.82) is 0 Å². The highest BCUT2D eigenvalue weighted by Gasteiger charge is 2.16. The number of isothiocyanates is 1. The Balaban J connectivity index is 2.14. The van der Waals surface area contributed by atoms with E-state index in [9.17, 15) is 0 Å². The second-order valence-corrected chi connectivity index (χ2v) is 4.05.